The van der Waals surface area contributed by atoms with Crippen LogP contribution in [0.5, 0.6) is 0 Å². The first-order valence-electron chi connectivity index (χ1n) is 10.8. The van der Waals surface area contributed by atoms with Gasteiger partial charge in [0.15, 0.2) is 0 Å². The van der Waals surface area contributed by atoms with Crippen molar-refractivity contribution in [2.24, 2.45) is 0 Å². The zero-order valence-corrected chi connectivity index (χ0v) is 21.6. The molecule has 3 atom stereocenters. The largest absolute Gasteiger partial charge is 0.332 e. The molecule has 0 spiro atoms. The molecule has 0 N–H and O–H groups in total. The summed E-state index contributed by atoms with van der Waals surface area (Å²) in [6, 6.07) is 10.9. The number of fused-ring (bicyclic) bond motifs is 4. The van der Waals surface area contributed by atoms with Gasteiger partial charge in [0.2, 0.25) is 0 Å². The molecule has 0 radical (unpaired) electrons. The lowest BCUT2D eigenvalue weighted by molar-refractivity contribution is 0.0556. The van der Waals surface area contributed by atoms with E-state index >= 15 is 0 Å². The van der Waals surface area contributed by atoms with Crippen LogP contribution in [0.2, 0.25) is 0 Å². The summed E-state index contributed by atoms with van der Waals surface area (Å²) < 4.78 is 28.6. The van der Waals surface area contributed by atoms with E-state index in [1.165, 1.54) is 12.4 Å². The highest BCUT2D eigenvalue weighted by atomic mass is 32.1. The van der Waals surface area contributed by atoms with E-state index in [0.29, 0.717) is 11.3 Å². The Labute approximate surface area is 221 Å². The lowest BCUT2D eigenvalue weighted by Gasteiger charge is -2.40. The lowest BCUT2D eigenvalue weighted by atomic mass is 9.86. The predicted octanol–water partition coefficient (Wildman–Crippen LogP) is 4.50. The van der Waals surface area contributed by atoms with Crippen molar-refractivity contribution in [3.05, 3.63) is 65.9 Å². The van der Waals surface area contributed by atoms with Crippen LogP contribution in [0.1, 0.15) is 59.8 Å². The van der Waals surface area contributed by atoms with Crippen molar-refractivity contribution < 1.29 is 13.6 Å². The summed E-state index contributed by atoms with van der Waals surface area (Å²) in [6.07, 6.45) is 3.64. The third-order valence-electron chi connectivity index (χ3n) is 6.84. The standard InChI is InChI=1S/C23H20F2N6O.3H2S/c24-21(25)18-11-20(31-23(29-18)27-12-28-31)16-7-5-13-6-8-19(16)30(13)22(32)15-9-10-26-17-4-2-1-3-14(15)17;;;/h1-4,9-13,16,19,21H,5-8H2;3*1H2/t13-,16-,19-;;;/m0.../s1. The molecular weight excluding hydrogens is 510 g/mol. The Bertz CT molecular complexity index is 1350. The van der Waals surface area contributed by atoms with Gasteiger partial charge in [0, 0.05) is 29.6 Å². The molecule has 5 heterocycles. The molecular formula is C23H26F2N6OS3. The molecule has 0 unspecified atom stereocenters. The minimum absolute atomic E-state index is 0. The molecule has 35 heavy (non-hydrogen) atoms. The fraction of sp³-hybridized carbons (Fsp3) is 0.348. The lowest BCUT2D eigenvalue weighted by Crippen LogP contribution is -2.47. The van der Waals surface area contributed by atoms with Gasteiger partial charge >= 0.3 is 0 Å². The second-order valence-corrected chi connectivity index (χ2v) is 8.45. The summed E-state index contributed by atoms with van der Waals surface area (Å²) in [5.41, 5.74) is 1.74. The molecule has 2 bridgehead atoms. The van der Waals surface area contributed by atoms with E-state index in [1.54, 1.807) is 16.8 Å². The number of pyridine rings is 1. The van der Waals surface area contributed by atoms with Crippen LogP contribution in [-0.2, 0) is 0 Å². The quantitative estimate of drug-likeness (QED) is 0.385. The Balaban J connectivity index is 0.00000114. The first kappa shape index (κ1) is 27.2. The van der Waals surface area contributed by atoms with Gasteiger partial charge in [-0.2, -0.15) is 50.6 Å². The molecule has 1 amide bonds. The Kier molecular flexibility index (Phi) is 8.28. The molecule has 2 fully saturated rings. The van der Waals surface area contributed by atoms with Gasteiger partial charge in [-0.05, 0) is 43.9 Å². The topological polar surface area (TPSA) is 76.3 Å². The normalized spacial score (nSPS) is 20.9. The number of piperidine rings is 1. The van der Waals surface area contributed by atoms with E-state index < -0.39 is 6.43 Å². The second kappa shape index (κ2) is 10.7. The highest BCUT2D eigenvalue weighted by molar-refractivity contribution is 7.59. The van der Waals surface area contributed by atoms with Crippen LogP contribution >= 0.6 is 40.5 Å². The van der Waals surface area contributed by atoms with Gasteiger partial charge in [0.25, 0.3) is 18.1 Å². The number of rotatable bonds is 3. The zero-order chi connectivity index (χ0) is 21.8. The molecule has 0 saturated carbocycles. The van der Waals surface area contributed by atoms with Crippen molar-refractivity contribution in [1.82, 2.24) is 29.5 Å². The summed E-state index contributed by atoms with van der Waals surface area (Å²) in [4.78, 5) is 28.1. The number of hydrogen-bond acceptors (Lipinski definition) is 5. The van der Waals surface area contributed by atoms with Gasteiger partial charge in [-0.3, -0.25) is 9.78 Å². The maximum absolute atomic E-state index is 13.8. The summed E-state index contributed by atoms with van der Waals surface area (Å²) in [7, 11) is 0. The third-order valence-corrected chi connectivity index (χ3v) is 6.84. The van der Waals surface area contributed by atoms with Crippen molar-refractivity contribution >= 4 is 63.1 Å². The molecule has 7 nitrogen and oxygen atoms in total. The van der Waals surface area contributed by atoms with Crippen LogP contribution in [0.3, 0.4) is 0 Å². The molecule has 6 rings (SSSR count). The Morgan fingerprint density at radius 3 is 2.57 bits per heavy atom. The minimum Gasteiger partial charge on any atom is -0.332 e. The first-order valence-corrected chi connectivity index (χ1v) is 10.8. The Hall–Kier alpha value is -2.44. The number of carbonyl (C=O) groups is 1. The number of aromatic nitrogens is 5. The number of para-hydroxylation sites is 1. The summed E-state index contributed by atoms with van der Waals surface area (Å²) in [5, 5.41) is 5.06. The molecule has 0 aliphatic carbocycles. The highest BCUT2D eigenvalue weighted by Crippen LogP contribution is 2.45. The number of benzene rings is 1. The van der Waals surface area contributed by atoms with Crippen molar-refractivity contribution in [2.45, 2.75) is 50.1 Å². The van der Waals surface area contributed by atoms with Crippen molar-refractivity contribution in [1.29, 1.82) is 0 Å². The van der Waals surface area contributed by atoms with Crippen molar-refractivity contribution in [2.75, 3.05) is 0 Å². The van der Waals surface area contributed by atoms with Crippen LogP contribution in [0.4, 0.5) is 8.78 Å². The predicted molar refractivity (Wildman–Crippen MR) is 144 cm³/mol. The van der Waals surface area contributed by atoms with Crippen LogP contribution in [0.15, 0.2) is 48.9 Å². The van der Waals surface area contributed by atoms with Crippen LogP contribution in [0.25, 0.3) is 16.7 Å². The van der Waals surface area contributed by atoms with Gasteiger partial charge in [0.05, 0.1) is 16.8 Å². The molecule has 2 saturated heterocycles. The third kappa shape index (κ3) is 4.47. The fourth-order valence-electron chi connectivity index (χ4n) is 5.47. The molecule has 3 aromatic heterocycles. The fourth-order valence-corrected chi connectivity index (χ4v) is 5.47. The summed E-state index contributed by atoms with van der Waals surface area (Å²) >= 11 is 0. The molecule has 12 heteroatoms. The number of amides is 1. The van der Waals surface area contributed by atoms with Gasteiger partial charge in [-0.25, -0.2) is 18.3 Å². The van der Waals surface area contributed by atoms with Crippen LogP contribution < -0.4 is 0 Å². The number of nitrogens with zero attached hydrogens (tertiary/aromatic N) is 6. The second-order valence-electron chi connectivity index (χ2n) is 8.45. The Morgan fingerprint density at radius 1 is 1.00 bits per heavy atom. The van der Waals surface area contributed by atoms with Crippen molar-refractivity contribution in [3.8, 4) is 0 Å². The van der Waals surface area contributed by atoms with E-state index in [-0.39, 0.29) is 75.9 Å². The van der Waals surface area contributed by atoms with Gasteiger partial charge < -0.3 is 4.90 Å². The SMILES string of the molecule is O=C(c1ccnc2ccccc12)N1[C@H]2CC[C@H](c3cc(C(F)F)nc4ncnn34)[C@@H]1CC2.S.S.S. The highest BCUT2D eigenvalue weighted by Gasteiger charge is 2.46. The monoisotopic (exact) mass is 536 g/mol. The van der Waals surface area contributed by atoms with Gasteiger partial charge in [-0.15, -0.1) is 0 Å². The van der Waals surface area contributed by atoms with Gasteiger partial charge in [0.1, 0.15) is 12.0 Å². The van der Waals surface area contributed by atoms with E-state index in [1.807, 2.05) is 29.2 Å². The molecule has 1 aromatic carbocycles. The average Bonchev–Trinajstić information content (AvgIpc) is 3.41. The number of carbonyl (C=O) groups excluding carboxylic acids is 1. The summed E-state index contributed by atoms with van der Waals surface area (Å²) in [6.45, 7) is 0. The van der Waals surface area contributed by atoms with E-state index in [0.717, 1.165) is 36.6 Å². The minimum atomic E-state index is -2.70. The van der Waals surface area contributed by atoms with Crippen LogP contribution in [0, 0.1) is 0 Å². The molecule has 2 aliphatic rings. The molecule has 4 aromatic rings. The van der Waals surface area contributed by atoms with Crippen molar-refractivity contribution in [3.63, 3.8) is 0 Å². The maximum atomic E-state index is 13.8. The first-order chi connectivity index (χ1) is 15.6. The van der Waals surface area contributed by atoms with Gasteiger partial charge in [-0.1, -0.05) is 18.2 Å². The Morgan fingerprint density at radius 2 is 1.77 bits per heavy atom. The maximum Gasteiger partial charge on any atom is 0.280 e. The van der Waals surface area contributed by atoms with E-state index in [9.17, 15) is 13.6 Å². The number of alkyl halides is 2. The molecule has 2 aliphatic heterocycles. The number of hydrogen-bond donors (Lipinski definition) is 0. The average molecular weight is 537 g/mol. The summed E-state index contributed by atoms with van der Waals surface area (Å²) in [5.74, 6) is 0.0187. The zero-order valence-electron chi connectivity index (χ0n) is 18.6. The smallest absolute Gasteiger partial charge is 0.280 e. The number of halogens is 2. The van der Waals surface area contributed by atoms with Crippen LogP contribution in [-0.4, -0.2) is 47.5 Å². The van der Waals surface area contributed by atoms with E-state index in [2.05, 4.69) is 20.1 Å². The molecule has 186 valence electrons. The van der Waals surface area contributed by atoms with E-state index in [4.69, 9.17) is 0 Å².